The van der Waals surface area contributed by atoms with Crippen LogP contribution >= 0.6 is 0 Å². The summed E-state index contributed by atoms with van der Waals surface area (Å²) < 4.78 is 31.8. The summed E-state index contributed by atoms with van der Waals surface area (Å²) in [5, 5.41) is 7.78. The summed E-state index contributed by atoms with van der Waals surface area (Å²) in [6.07, 6.45) is 0.712. The quantitative estimate of drug-likeness (QED) is 0.716. The van der Waals surface area contributed by atoms with Crippen molar-refractivity contribution in [2.75, 3.05) is 10.6 Å². The van der Waals surface area contributed by atoms with Gasteiger partial charge in [0.05, 0.1) is 5.69 Å². The van der Waals surface area contributed by atoms with Crippen LogP contribution < -0.4 is 16.0 Å². The molecule has 3 N–H and O–H groups in total. The van der Waals surface area contributed by atoms with Crippen molar-refractivity contribution >= 4 is 29.2 Å². The lowest BCUT2D eigenvalue weighted by Crippen LogP contribution is -2.44. The third kappa shape index (κ3) is 6.49. The van der Waals surface area contributed by atoms with Gasteiger partial charge < -0.3 is 20.7 Å². The summed E-state index contributed by atoms with van der Waals surface area (Å²) in [6, 6.07) is 5.23. The molecule has 1 unspecified atom stereocenters. The Kier molecular flexibility index (Phi) is 6.50. The van der Waals surface area contributed by atoms with Crippen molar-refractivity contribution in [2.45, 2.75) is 39.3 Å². The van der Waals surface area contributed by atoms with Crippen molar-refractivity contribution in [3.8, 4) is 0 Å². The maximum Gasteiger partial charge on any atom is 0.408 e. The van der Waals surface area contributed by atoms with Crippen LogP contribution in [0.25, 0.3) is 0 Å². The highest BCUT2D eigenvalue weighted by Gasteiger charge is 2.22. The van der Waals surface area contributed by atoms with Gasteiger partial charge in [0.2, 0.25) is 5.91 Å². The van der Waals surface area contributed by atoms with E-state index in [2.05, 4.69) is 20.9 Å². The van der Waals surface area contributed by atoms with E-state index < -0.39 is 35.3 Å². The van der Waals surface area contributed by atoms with Crippen molar-refractivity contribution < 1.29 is 23.1 Å². The van der Waals surface area contributed by atoms with Gasteiger partial charge in [0.15, 0.2) is 5.82 Å². The Labute approximate surface area is 161 Å². The zero-order valence-electron chi connectivity index (χ0n) is 16.0. The fourth-order valence-corrected chi connectivity index (χ4v) is 2.16. The van der Waals surface area contributed by atoms with Crippen LogP contribution in [-0.2, 0) is 9.53 Å². The van der Waals surface area contributed by atoms with Gasteiger partial charge in [-0.3, -0.25) is 4.79 Å². The van der Waals surface area contributed by atoms with Gasteiger partial charge in [0, 0.05) is 18.0 Å². The van der Waals surface area contributed by atoms with E-state index in [9.17, 15) is 18.4 Å². The number of hydrogen-bond donors (Lipinski definition) is 3. The van der Waals surface area contributed by atoms with Crippen LogP contribution in [0.15, 0.2) is 36.5 Å². The van der Waals surface area contributed by atoms with Gasteiger partial charge >= 0.3 is 6.09 Å². The van der Waals surface area contributed by atoms with Crippen molar-refractivity contribution in [1.82, 2.24) is 10.3 Å². The Morgan fingerprint density at radius 1 is 1.14 bits per heavy atom. The second-order valence-electron chi connectivity index (χ2n) is 7.04. The van der Waals surface area contributed by atoms with E-state index in [1.54, 1.807) is 32.9 Å². The van der Waals surface area contributed by atoms with Crippen LogP contribution in [0.5, 0.6) is 0 Å². The molecule has 2 rings (SSSR count). The fraction of sp³-hybridized carbons (Fsp3) is 0.316. The molecule has 0 saturated carbocycles. The van der Waals surface area contributed by atoms with Gasteiger partial charge in [0.1, 0.15) is 23.3 Å². The molecular formula is C19H22F2N4O3. The Morgan fingerprint density at radius 2 is 1.79 bits per heavy atom. The summed E-state index contributed by atoms with van der Waals surface area (Å²) in [5.41, 5.74) is -0.218. The Bertz CT molecular complexity index is 848. The normalized spacial score (nSPS) is 12.1. The van der Waals surface area contributed by atoms with Crippen molar-refractivity contribution in [3.05, 3.63) is 48.2 Å². The largest absolute Gasteiger partial charge is 0.444 e. The van der Waals surface area contributed by atoms with E-state index in [-0.39, 0.29) is 11.5 Å². The van der Waals surface area contributed by atoms with E-state index in [0.717, 1.165) is 18.2 Å². The number of nitrogens with zero attached hydrogens (tertiary/aromatic N) is 1. The first-order valence-electron chi connectivity index (χ1n) is 8.52. The first kappa shape index (κ1) is 21.1. The molecule has 28 heavy (non-hydrogen) atoms. The predicted molar refractivity (Wildman–Crippen MR) is 101 cm³/mol. The zero-order chi connectivity index (χ0) is 20.9. The highest BCUT2D eigenvalue weighted by molar-refractivity contribution is 5.98. The van der Waals surface area contributed by atoms with Crippen molar-refractivity contribution in [1.29, 1.82) is 0 Å². The van der Waals surface area contributed by atoms with Crippen LogP contribution in [0.1, 0.15) is 27.7 Å². The summed E-state index contributed by atoms with van der Waals surface area (Å²) in [5.74, 6) is -1.90. The number of carbonyl (C=O) groups is 2. The number of benzene rings is 1. The number of ether oxygens (including phenoxy) is 1. The number of carbonyl (C=O) groups excluding carboxylic acids is 2. The summed E-state index contributed by atoms with van der Waals surface area (Å²) in [7, 11) is 0. The third-order valence-electron chi connectivity index (χ3n) is 3.32. The number of pyridine rings is 1. The molecule has 0 bridgehead atoms. The van der Waals surface area contributed by atoms with Crippen LogP contribution in [0.2, 0.25) is 0 Å². The standard InChI is InChI=1S/C19H22F2N4O3/c1-11(23-18(27)28-19(2,3)4)17(26)25-16-15(6-5-7-22-16)24-14-9-12(20)8-13(21)10-14/h5-11,24H,1-4H3,(H,23,27)(H,22,25,26). The molecule has 0 saturated heterocycles. The molecular weight excluding hydrogens is 370 g/mol. The van der Waals surface area contributed by atoms with Crippen molar-refractivity contribution in [2.24, 2.45) is 0 Å². The molecule has 0 aliphatic rings. The number of halogens is 2. The molecule has 7 nitrogen and oxygen atoms in total. The van der Waals surface area contributed by atoms with E-state index in [1.807, 2.05) is 0 Å². The van der Waals surface area contributed by atoms with Crippen molar-refractivity contribution in [3.63, 3.8) is 0 Å². The summed E-state index contributed by atoms with van der Waals surface area (Å²) in [6.45, 7) is 6.60. The lowest BCUT2D eigenvalue weighted by Gasteiger charge is -2.21. The highest BCUT2D eigenvalue weighted by atomic mass is 19.1. The number of alkyl carbamates (subject to hydrolysis) is 1. The second kappa shape index (κ2) is 8.64. The Balaban J connectivity index is 2.07. The molecule has 1 aromatic heterocycles. The molecule has 0 fully saturated rings. The highest BCUT2D eigenvalue weighted by Crippen LogP contribution is 2.24. The van der Waals surface area contributed by atoms with E-state index in [1.165, 1.54) is 13.1 Å². The maximum absolute atomic E-state index is 13.4. The average molecular weight is 392 g/mol. The predicted octanol–water partition coefficient (Wildman–Crippen LogP) is 3.96. The number of hydrogen-bond acceptors (Lipinski definition) is 5. The zero-order valence-corrected chi connectivity index (χ0v) is 16.0. The minimum atomic E-state index is -0.906. The minimum absolute atomic E-state index is 0.134. The fourth-order valence-electron chi connectivity index (χ4n) is 2.16. The number of amides is 2. The molecule has 2 aromatic rings. The van der Waals surface area contributed by atoms with Gasteiger partial charge in [-0.2, -0.15) is 0 Å². The molecule has 2 amide bonds. The molecule has 1 atom stereocenters. The third-order valence-corrected chi connectivity index (χ3v) is 3.32. The molecule has 0 radical (unpaired) electrons. The molecule has 1 aromatic carbocycles. The van der Waals surface area contributed by atoms with Gasteiger partial charge in [-0.25, -0.2) is 18.6 Å². The van der Waals surface area contributed by atoms with Gasteiger partial charge in [-0.15, -0.1) is 0 Å². The summed E-state index contributed by atoms with van der Waals surface area (Å²) >= 11 is 0. The monoisotopic (exact) mass is 392 g/mol. The van der Waals surface area contributed by atoms with Gasteiger partial charge in [-0.1, -0.05) is 0 Å². The number of rotatable bonds is 5. The lowest BCUT2D eigenvalue weighted by atomic mass is 10.2. The molecule has 0 spiro atoms. The smallest absolute Gasteiger partial charge is 0.408 e. The minimum Gasteiger partial charge on any atom is -0.444 e. The first-order chi connectivity index (χ1) is 13.0. The Morgan fingerprint density at radius 3 is 2.39 bits per heavy atom. The van der Waals surface area contributed by atoms with E-state index in [4.69, 9.17) is 4.74 Å². The summed E-state index contributed by atoms with van der Waals surface area (Å²) in [4.78, 5) is 28.2. The molecule has 1 heterocycles. The van der Waals surface area contributed by atoms with Crippen LogP contribution in [0, 0.1) is 11.6 Å². The first-order valence-corrected chi connectivity index (χ1v) is 8.52. The van der Waals surface area contributed by atoms with Gasteiger partial charge in [-0.05, 0) is 52.0 Å². The lowest BCUT2D eigenvalue weighted by molar-refractivity contribution is -0.117. The van der Waals surface area contributed by atoms with Crippen LogP contribution in [-0.4, -0.2) is 28.6 Å². The average Bonchev–Trinajstić information content (AvgIpc) is 2.53. The molecule has 0 aliphatic carbocycles. The second-order valence-corrected chi connectivity index (χ2v) is 7.04. The number of anilines is 3. The number of nitrogens with one attached hydrogen (secondary N) is 3. The van der Waals surface area contributed by atoms with Crippen LogP contribution in [0.4, 0.5) is 30.8 Å². The van der Waals surface area contributed by atoms with Gasteiger partial charge in [0.25, 0.3) is 0 Å². The Hall–Kier alpha value is -3.23. The number of aromatic nitrogens is 1. The molecule has 150 valence electrons. The van der Waals surface area contributed by atoms with E-state index >= 15 is 0 Å². The molecule has 9 heteroatoms. The molecule has 0 aliphatic heterocycles. The van der Waals surface area contributed by atoms with Crippen LogP contribution in [0.3, 0.4) is 0 Å². The SMILES string of the molecule is CC(NC(=O)OC(C)(C)C)C(=O)Nc1ncccc1Nc1cc(F)cc(F)c1. The topological polar surface area (TPSA) is 92.3 Å². The van der Waals surface area contributed by atoms with E-state index in [0.29, 0.717) is 5.69 Å². The maximum atomic E-state index is 13.4.